The van der Waals surface area contributed by atoms with Gasteiger partial charge in [-0.1, -0.05) is 39.3 Å². The number of nitrogens with one attached hydrogen (secondary N) is 1. The number of anilines is 1. The number of carbonyl (C=O) groups is 1. The highest BCUT2D eigenvalue weighted by Crippen LogP contribution is 2.13. The molecule has 0 aliphatic rings. The Kier molecular flexibility index (Phi) is 6.57. The molecule has 1 atom stereocenters. The lowest BCUT2D eigenvalue weighted by molar-refractivity contribution is -0.117. The van der Waals surface area contributed by atoms with Crippen LogP contribution in [0.15, 0.2) is 24.3 Å². The van der Waals surface area contributed by atoms with Crippen LogP contribution in [-0.4, -0.2) is 11.9 Å². The molecule has 1 unspecified atom stereocenters. The summed E-state index contributed by atoms with van der Waals surface area (Å²) in [6.07, 6.45) is 4.20. The molecule has 0 aliphatic carbocycles. The molecule has 0 radical (unpaired) electrons. The van der Waals surface area contributed by atoms with E-state index in [1.807, 2.05) is 12.1 Å². The molecule has 0 aliphatic heterocycles. The summed E-state index contributed by atoms with van der Waals surface area (Å²) >= 11 is 0. The Balaban J connectivity index is 2.50. The quantitative estimate of drug-likeness (QED) is 0.792. The van der Waals surface area contributed by atoms with Crippen LogP contribution >= 0.6 is 0 Å². The Morgan fingerprint density at radius 2 is 1.89 bits per heavy atom. The van der Waals surface area contributed by atoms with E-state index in [9.17, 15) is 4.79 Å². The monoisotopic (exact) mass is 262 g/mol. The van der Waals surface area contributed by atoms with Gasteiger partial charge in [0.2, 0.25) is 5.91 Å². The zero-order valence-electron chi connectivity index (χ0n) is 12.3. The molecule has 3 N–H and O–H groups in total. The molecule has 0 saturated carbocycles. The lowest BCUT2D eigenvalue weighted by atomic mass is 10.0. The van der Waals surface area contributed by atoms with Crippen LogP contribution < -0.4 is 11.1 Å². The van der Waals surface area contributed by atoms with E-state index >= 15 is 0 Å². The topological polar surface area (TPSA) is 55.1 Å². The van der Waals surface area contributed by atoms with Gasteiger partial charge in [0.15, 0.2) is 0 Å². The van der Waals surface area contributed by atoms with Crippen LogP contribution in [0.25, 0.3) is 0 Å². The zero-order chi connectivity index (χ0) is 14.3. The maximum atomic E-state index is 11.9. The van der Waals surface area contributed by atoms with Gasteiger partial charge in [-0.15, -0.1) is 0 Å². The zero-order valence-corrected chi connectivity index (χ0v) is 12.3. The molecule has 1 aromatic rings. The molecule has 0 saturated heterocycles. The van der Waals surface area contributed by atoms with Gasteiger partial charge >= 0.3 is 0 Å². The highest BCUT2D eigenvalue weighted by Gasteiger charge is 2.14. The first kappa shape index (κ1) is 15.7. The van der Waals surface area contributed by atoms with E-state index in [0.29, 0.717) is 12.3 Å². The Morgan fingerprint density at radius 3 is 2.42 bits per heavy atom. The van der Waals surface area contributed by atoms with E-state index in [1.165, 1.54) is 18.4 Å². The average Bonchev–Trinajstić information content (AvgIpc) is 2.37. The molecule has 1 amide bonds. The van der Waals surface area contributed by atoms with Gasteiger partial charge in [-0.05, 0) is 42.9 Å². The minimum atomic E-state index is -0.431. The second-order valence-corrected chi connectivity index (χ2v) is 5.53. The highest BCUT2D eigenvalue weighted by molar-refractivity contribution is 5.94. The summed E-state index contributed by atoms with van der Waals surface area (Å²) in [5.74, 6) is 0.326. The Bertz CT molecular complexity index is 384. The van der Waals surface area contributed by atoms with Gasteiger partial charge in [-0.25, -0.2) is 0 Å². The third-order valence-electron chi connectivity index (χ3n) is 3.10. The molecule has 0 aromatic heterocycles. The summed E-state index contributed by atoms with van der Waals surface area (Å²) in [5, 5.41) is 2.87. The number of unbranched alkanes of at least 4 members (excludes halogenated alkanes) is 1. The van der Waals surface area contributed by atoms with Crippen molar-refractivity contribution < 1.29 is 4.79 Å². The fourth-order valence-corrected chi connectivity index (χ4v) is 1.99. The first-order valence-corrected chi connectivity index (χ1v) is 7.18. The lowest BCUT2D eigenvalue weighted by Gasteiger charge is -2.14. The highest BCUT2D eigenvalue weighted by atomic mass is 16.2. The molecule has 0 spiro atoms. The molecular weight excluding hydrogens is 236 g/mol. The fraction of sp³-hybridized carbons (Fsp3) is 0.562. The van der Waals surface area contributed by atoms with Crippen molar-refractivity contribution in [3.63, 3.8) is 0 Å². The Labute approximate surface area is 116 Å². The van der Waals surface area contributed by atoms with Crippen LogP contribution in [0.2, 0.25) is 0 Å². The smallest absolute Gasteiger partial charge is 0.241 e. The molecule has 0 fully saturated rings. The van der Waals surface area contributed by atoms with E-state index in [1.54, 1.807) is 0 Å². The van der Waals surface area contributed by atoms with Gasteiger partial charge in [0, 0.05) is 5.69 Å². The van der Waals surface area contributed by atoms with Gasteiger partial charge in [0.1, 0.15) is 0 Å². The van der Waals surface area contributed by atoms with Crippen molar-refractivity contribution in [1.82, 2.24) is 0 Å². The first-order chi connectivity index (χ1) is 9.02. The Hall–Kier alpha value is -1.35. The molecule has 1 rings (SSSR count). The summed E-state index contributed by atoms with van der Waals surface area (Å²) in [7, 11) is 0. The van der Waals surface area contributed by atoms with Crippen molar-refractivity contribution in [3.05, 3.63) is 29.8 Å². The predicted octanol–water partition coefficient (Wildman–Crippen LogP) is 3.34. The van der Waals surface area contributed by atoms with E-state index in [2.05, 4.69) is 38.2 Å². The number of benzene rings is 1. The molecular formula is C16H26N2O. The second kappa shape index (κ2) is 7.95. The number of amides is 1. The van der Waals surface area contributed by atoms with E-state index in [4.69, 9.17) is 5.73 Å². The molecule has 0 bridgehead atoms. The van der Waals surface area contributed by atoms with Crippen molar-refractivity contribution in [2.24, 2.45) is 11.7 Å². The standard InChI is InChI=1S/C16H26N2O/c1-4-5-6-13-7-9-14(10-8-13)18-16(19)15(17)11-12(2)3/h7-10,12,15H,4-6,11,17H2,1-3H3,(H,18,19). The lowest BCUT2D eigenvalue weighted by Crippen LogP contribution is -2.36. The minimum Gasteiger partial charge on any atom is -0.325 e. The number of rotatable bonds is 7. The second-order valence-electron chi connectivity index (χ2n) is 5.53. The van der Waals surface area contributed by atoms with Crippen molar-refractivity contribution >= 4 is 11.6 Å². The number of hydrogen-bond acceptors (Lipinski definition) is 2. The van der Waals surface area contributed by atoms with Crippen molar-refractivity contribution in [1.29, 1.82) is 0 Å². The van der Waals surface area contributed by atoms with Crippen LogP contribution in [0, 0.1) is 5.92 Å². The normalized spacial score (nSPS) is 12.5. The van der Waals surface area contributed by atoms with Crippen LogP contribution in [0.4, 0.5) is 5.69 Å². The average molecular weight is 262 g/mol. The molecule has 1 aromatic carbocycles. The van der Waals surface area contributed by atoms with Gasteiger partial charge < -0.3 is 11.1 Å². The van der Waals surface area contributed by atoms with Crippen LogP contribution in [0.5, 0.6) is 0 Å². The van der Waals surface area contributed by atoms with Crippen LogP contribution in [0.3, 0.4) is 0 Å². The summed E-state index contributed by atoms with van der Waals surface area (Å²) < 4.78 is 0. The Morgan fingerprint density at radius 1 is 1.26 bits per heavy atom. The number of aryl methyl sites for hydroxylation is 1. The van der Waals surface area contributed by atoms with E-state index in [-0.39, 0.29) is 5.91 Å². The maximum absolute atomic E-state index is 11.9. The predicted molar refractivity (Wildman–Crippen MR) is 81.1 cm³/mol. The molecule has 3 nitrogen and oxygen atoms in total. The van der Waals surface area contributed by atoms with E-state index < -0.39 is 6.04 Å². The van der Waals surface area contributed by atoms with Gasteiger partial charge in [-0.3, -0.25) is 4.79 Å². The summed E-state index contributed by atoms with van der Waals surface area (Å²) in [4.78, 5) is 11.9. The summed E-state index contributed by atoms with van der Waals surface area (Å²) in [6.45, 7) is 6.32. The summed E-state index contributed by atoms with van der Waals surface area (Å²) in [6, 6.07) is 7.61. The van der Waals surface area contributed by atoms with Gasteiger partial charge in [-0.2, -0.15) is 0 Å². The first-order valence-electron chi connectivity index (χ1n) is 7.18. The minimum absolute atomic E-state index is 0.102. The third-order valence-corrected chi connectivity index (χ3v) is 3.10. The van der Waals surface area contributed by atoms with Gasteiger partial charge in [0.05, 0.1) is 6.04 Å². The van der Waals surface area contributed by atoms with Crippen molar-refractivity contribution in [2.45, 2.75) is 52.5 Å². The van der Waals surface area contributed by atoms with Gasteiger partial charge in [0.25, 0.3) is 0 Å². The fourth-order valence-electron chi connectivity index (χ4n) is 1.99. The molecule has 106 valence electrons. The molecule has 3 heteroatoms. The molecule has 0 heterocycles. The number of carbonyl (C=O) groups excluding carboxylic acids is 1. The number of nitrogens with two attached hydrogens (primary N) is 1. The van der Waals surface area contributed by atoms with Crippen molar-refractivity contribution in [3.8, 4) is 0 Å². The van der Waals surface area contributed by atoms with E-state index in [0.717, 1.165) is 12.1 Å². The molecule has 19 heavy (non-hydrogen) atoms. The largest absolute Gasteiger partial charge is 0.325 e. The SMILES string of the molecule is CCCCc1ccc(NC(=O)C(N)CC(C)C)cc1. The van der Waals surface area contributed by atoms with Crippen LogP contribution in [-0.2, 0) is 11.2 Å². The van der Waals surface area contributed by atoms with Crippen LogP contribution in [0.1, 0.15) is 45.6 Å². The number of hydrogen-bond donors (Lipinski definition) is 2. The van der Waals surface area contributed by atoms with Crippen molar-refractivity contribution in [2.75, 3.05) is 5.32 Å². The summed E-state index contributed by atoms with van der Waals surface area (Å²) in [5.41, 5.74) is 7.98. The third kappa shape index (κ3) is 5.88. The maximum Gasteiger partial charge on any atom is 0.241 e.